The summed E-state index contributed by atoms with van der Waals surface area (Å²) < 4.78 is 80.7. The molecule has 4 fully saturated rings. The molecular weight excluding hydrogens is 593 g/mol. The number of hydrogen-bond donors (Lipinski definition) is 2. The zero-order chi connectivity index (χ0) is 31.2. The van der Waals surface area contributed by atoms with Crippen LogP contribution in [0.15, 0.2) is 12.1 Å². The maximum absolute atomic E-state index is 16.8. The first-order valence-electron chi connectivity index (χ1n) is 15.9. The highest BCUT2D eigenvalue weighted by Gasteiger charge is 2.50. The van der Waals surface area contributed by atoms with E-state index in [2.05, 4.69) is 25.1 Å². The molecule has 2 aromatic heterocycles. The number of fused-ring (bicyclic) bond motifs is 6. The lowest BCUT2D eigenvalue weighted by Crippen LogP contribution is -2.58. The van der Waals surface area contributed by atoms with Gasteiger partial charge in [-0.15, -0.1) is 0 Å². The number of ether oxygens (including phenoxy) is 1. The molecule has 5 atom stereocenters. The number of nitrogens with one attached hydrogen (secondary N) is 1. The summed E-state index contributed by atoms with van der Waals surface area (Å²) in [5.74, 6) is -0.472. The van der Waals surface area contributed by atoms with Crippen molar-refractivity contribution in [2.75, 3.05) is 36.9 Å². The number of piperazine rings is 1. The minimum Gasteiger partial charge on any atom is -0.461 e. The van der Waals surface area contributed by atoms with Crippen LogP contribution in [0.5, 0.6) is 6.01 Å². The minimum absolute atomic E-state index is 0.0620. The van der Waals surface area contributed by atoms with E-state index in [0.29, 0.717) is 42.8 Å². The summed E-state index contributed by atoms with van der Waals surface area (Å²) in [4.78, 5) is 18.3. The van der Waals surface area contributed by atoms with Crippen molar-refractivity contribution in [3.05, 3.63) is 34.8 Å². The third kappa shape index (κ3) is 4.71. The lowest BCUT2D eigenvalue weighted by atomic mass is 9.93. The number of alkyl halides is 4. The minimum atomic E-state index is -4.76. The number of anilines is 2. The number of halogens is 5. The van der Waals surface area contributed by atoms with Crippen molar-refractivity contribution in [1.29, 1.82) is 0 Å². The lowest BCUT2D eigenvalue weighted by molar-refractivity contribution is -0.137. The molecule has 2 bridgehead atoms. The number of nitrogen functional groups attached to an aromatic ring is 1. The molecule has 1 aromatic carbocycles. The van der Waals surface area contributed by atoms with Gasteiger partial charge in [-0.1, -0.05) is 0 Å². The van der Waals surface area contributed by atoms with Crippen LogP contribution in [0.1, 0.15) is 61.8 Å². The summed E-state index contributed by atoms with van der Waals surface area (Å²) >= 11 is 0. The number of aryl methyl sites for hydroxylation is 2. The van der Waals surface area contributed by atoms with Crippen molar-refractivity contribution < 1.29 is 26.7 Å². The molecular formula is C32H36F5N7O. The van der Waals surface area contributed by atoms with E-state index < -0.39 is 40.5 Å². The third-order valence-corrected chi connectivity index (χ3v) is 10.7. The fourth-order valence-corrected chi connectivity index (χ4v) is 8.83. The first-order valence-corrected chi connectivity index (χ1v) is 15.9. The van der Waals surface area contributed by atoms with E-state index in [0.717, 1.165) is 51.1 Å². The Balaban J connectivity index is 1.32. The van der Waals surface area contributed by atoms with Gasteiger partial charge in [-0.3, -0.25) is 4.90 Å². The second kappa shape index (κ2) is 10.3. The molecule has 0 spiro atoms. The third-order valence-electron chi connectivity index (χ3n) is 10.7. The molecule has 0 unspecified atom stereocenters. The van der Waals surface area contributed by atoms with Gasteiger partial charge in [0.25, 0.3) is 0 Å². The van der Waals surface area contributed by atoms with Crippen LogP contribution in [-0.2, 0) is 12.6 Å². The Morgan fingerprint density at radius 1 is 1.11 bits per heavy atom. The Hall–Kier alpha value is -3.32. The highest BCUT2D eigenvalue weighted by molar-refractivity contribution is 5.95. The zero-order valence-corrected chi connectivity index (χ0v) is 25.1. The Labute approximate surface area is 257 Å². The second-order valence-corrected chi connectivity index (χ2v) is 13.6. The van der Waals surface area contributed by atoms with Gasteiger partial charge in [0.1, 0.15) is 29.8 Å². The van der Waals surface area contributed by atoms with Crippen LogP contribution >= 0.6 is 0 Å². The molecule has 8 rings (SSSR count). The van der Waals surface area contributed by atoms with E-state index in [-0.39, 0.29) is 47.5 Å². The molecule has 240 valence electrons. The Bertz CT molecular complexity index is 1680. The van der Waals surface area contributed by atoms with Crippen molar-refractivity contribution in [2.24, 2.45) is 0 Å². The van der Waals surface area contributed by atoms with Gasteiger partial charge in [-0.05, 0) is 76.1 Å². The number of nitrogens with two attached hydrogens (primary N) is 1. The molecule has 0 radical (unpaired) electrons. The zero-order valence-electron chi connectivity index (χ0n) is 25.1. The molecule has 0 aliphatic carbocycles. The van der Waals surface area contributed by atoms with E-state index in [1.54, 1.807) is 0 Å². The molecule has 45 heavy (non-hydrogen) atoms. The van der Waals surface area contributed by atoms with Crippen molar-refractivity contribution >= 4 is 22.4 Å². The summed E-state index contributed by atoms with van der Waals surface area (Å²) in [6, 6.07) is 2.92. The van der Waals surface area contributed by atoms with Crippen LogP contribution in [0, 0.1) is 12.7 Å². The average Bonchev–Trinajstić information content (AvgIpc) is 3.63. The summed E-state index contributed by atoms with van der Waals surface area (Å²) in [6.07, 6.45) is 0.360. The average molecular weight is 630 g/mol. The maximum Gasteiger partial charge on any atom is 0.417 e. The van der Waals surface area contributed by atoms with Gasteiger partial charge < -0.3 is 20.7 Å². The Morgan fingerprint density at radius 3 is 2.78 bits per heavy atom. The summed E-state index contributed by atoms with van der Waals surface area (Å²) in [6.45, 7) is 3.25. The van der Waals surface area contributed by atoms with E-state index in [4.69, 9.17) is 15.5 Å². The number of rotatable bonds is 4. The highest BCUT2D eigenvalue weighted by Crippen LogP contribution is 2.45. The predicted octanol–water partition coefficient (Wildman–Crippen LogP) is 5.34. The molecule has 8 nitrogen and oxygen atoms in total. The number of aromatic nitrogens is 3. The van der Waals surface area contributed by atoms with Gasteiger partial charge in [0, 0.05) is 48.9 Å². The predicted molar refractivity (Wildman–Crippen MR) is 159 cm³/mol. The van der Waals surface area contributed by atoms with E-state index in [9.17, 15) is 17.6 Å². The normalized spacial score (nSPS) is 29.5. The molecule has 4 saturated heterocycles. The monoisotopic (exact) mass is 629 g/mol. The second-order valence-electron chi connectivity index (χ2n) is 13.6. The Kier molecular flexibility index (Phi) is 6.69. The summed E-state index contributed by atoms with van der Waals surface area (Å²) in [5, 5.41) is 4.12. The van der Waals surface area contributed by atoms with Crippen LogP contribution < -0.4 is 20.7 Å². The van der Waals surface area contributed by atoms with E-state index in [1.165, 1.54) is 13.0 Å². The van der Waals surface area contributed by atoms with Gasteiger partial charge in [-0.2, -0.15) is 23.1 Å². The topological polar surface area (TPSA) is 92.4 Å². The van der Waals surface area contributed by atoms with Crippen molar-refractivity contribution in [3.63, 3.8) is 0 Å². The highest BCUT2D eigenvalue weighted by atomic mass is 19.4. The Morgan fingerprint density at radius 2 is 1.96 bits per heavy atom. The van der Waals surface area contributed by atoms with Gasteiger partial charge >= 0.3 is 12.2 Å². The smallest absolute Gasteiger partial charge is 0.417 e. The van der Waals surface area contributed by atoms with Gasteiger partial charge in [0.05, 0.1) is 22.2 Å². The van der Waals surface area contributed by atoms with Crippen LogP contribution in [-0.4, -0.2) is 75.9 Å². The van der Waals surface area contributed by atoms with Crippen molar-refractivity contribution in [2.45, 2.75) is 94.3 Å². The molecule has 13 heteroatoms. The van der Waals surface area contributed by atoms with Crippen molar-refractivity contribution in [1.82, 2.24) is 25.2 Å². The van der Waals surface area contributed by atoms with Gasteiger partial charge in [0.2, 0.25) is 0 Å². The quantitative estimate of drug-likeness (QED) is 0.295. The number of pyridine rings is 1. The standard InChI is InChI=1S/C32H36F5N7O/c1-16-10-18(38)11-20(25(16)32(35,36)37)27-26(34)28-24-22(40-27)4-2-5-23-21-7-6-19(39-21)14-44(23)29(24)42-30(41-28)45-15-31-8-3-9-43(31)13-17(33)12-31/h10-11,17,19,21,23,39H,2-9,12-15,38H2,1H3/t17-,19-,21+,23-,31+/m1/s1. The molecule has 0 amide bonds. The van der Waals surface area contributed by atoms with E-state index >= 15 is 4.39 Å². The number of hydrogen-bond acceptors (Lipinski definition) is 8. The lowest BCUT2D eigenvalue weighted by Gasteiger charge is -2.43. The fourth-order valence-electron chi connectivity index (χ4n) is 8.83. The fraction of sp³-hybridized carbons (Fsp3) is 0.594. The van der Waals surface area contributed by atoms with Gasteiger partial charge in [-0.25, -0.2) is 13.8 Å². The molecule has 3 aromatic rings. The van der Waals surface area contributed by atoms with Crippen molar-refractivity contribution in [3.8, 4) is 17.3 Å². The van der Waals surface area contributed by atoms with Crippen LogP contribution in [0.3, 0.4) is 0 Å². The van der Waals surface area contributed by atoms with E-state index in [1.807, 2.05) is 0 Å². The van der Waals surface area contributed by atoms with Gasteiger partial charge in [0.15, 0.2) is 5.82 Å². The number of benzene rings is 1. The first-order chi connectivity index (χ1) is 21.5. The molecule has 5 aliphatic rings. The van der Waals surface area contributed by atoms with Crippen LogP contribution in [0.2, 0.25) is 0 Å². The number of nitrogens with zero attached hydrogens (tertiary/aromatic N) is 5. The largest absolute Gasteiger partial charge is 0.461 e. The summed E-state index contributed by atoms with van der Waals surface area (Å²) in [7, 11) is 0. The van der Waals surface area contributed by atoms with Crippen LogP contribution in [0.4, 0.5) is 33.5 Å². The van der Waals surface area contributed by atoms with Crippen LogP contribution in [0.25, 0.3) is 22.2 Å². The molecule has 7 heterocycles. The molecule has 3 N–H and O–H groups in total. The first kappa shape index (κ1) is 29.1. The molecule has 5 aliphatic heterocycles. The summed E-state index contributed by atoms with van der Waals surface area (Å²) in [5.41, 5.74) is 3.98. The molecule has 0 saturated carbocycles. The SMILES string of the molecule is Cc1cc(N)cc(-c2nc3c4c(nc(OC[C@@]56CCCN5C[C@H](F)C6)nc4c2F)N2C[C@H]4CC[C@H](N4)[C@H]2CCC3)c1C(F)(F)F. The maximum atomic E-state index is 16.8.